The van der Waals surface area contributed by atoms with Crippen molar-refractivity contribution in [2.24, 2.45) is 0 Å². The van der Waals surface area contributed by atoms with Crippen LogP contribution in [0.1, 0.15) is 11.1 Å². The van der Waals surface area contributed by atoms with Gasteiger partial charge in [-0.15, -0.1) is 11.8 Å². The maximum atomic E-state index is 3.17. The van der Waals surface area contributed by atoms with Crippen molar-refractivity contribution in [1.29, 1.82) is 0 Å². The molecule has 0 atom stereocenters. The van der Waals surface area contributed by atoms with E-state index in [-0.39, 0.29) is 0 Å². The molecule has 0 aliphatic heterocycles. The van der Waals surface area contributed by atoms with E-state index in [0.717, 1.165) is 6.54 Å². The van der Waals surface area contributed by atoms with Crippen LogP contribution in [0.2, 0.25) is 0 Å². The Hall–Kier alpha value is -0.470. The van der Waals surface area contributed by atoms with Gasteiger partial charge >= 0.3 is 0 Å². The summed E-state index contributed by atoms with van der Waals surface area (Å²) in [6, 6.07) is 6.58. The second kappa shape index (κ2) is 4.53. The van der Waals surface area contributed by atoms with E-state index in [4.69, 9.17) is 0 Å². The number of nitrogens with one attached hydrogen (secondary N) is 1. The summed E-state index contributed by atoms with van der Waals surface area (Å²) in [5, 5.41) is 3.17. The molecular formula is C10H15NS. The zero-order valence-electron chi connectivity index (χ0n) is 7.85. The summed E-state index contributed by atoms with van der Waals surface area (Å²) in [4.78, 5) is 1.37. The van der Waals surface area contributed by atoms with Gasteiger partial charge in [0, 0.05) is 11.4 Å². The van der Waals surface area contributed by atoms with E-state index in [0.29, 0.717) is 0 Å². The third kappa shape index (κ3) is 2.26. The van der Waals surface area contributed by atoms with Gasteiger partial charge in [-0.2, -0.15) is 0 Å². The van der Waals surface area contributed by atoms with E-state index in [2.05, 4.69) is 36.7 Å². The summed E-state index contributed by atoms with van der Waals surface area (Å²) in [6.45, 7) is 3.08. The van der Waals surface area contributed by atoms with Gasteiger partial charge in [0.15, 0.2) is 0 Å². The average molecular weight is 181 g/mol. The molecule has 0 saturated heterocycles. The predicted molar refractivity (Wildman–Crippen MR) is 55.7 cm³/mol. The van der Waals surface area contributed by atoms with Crippen molar-refractivity contribution in [3.8, 4) is 0 Å². The van der Waals surface area contributed by atoms with Crippen LogP contribution in [0.5, 0.6) is 0 Å². The Morgan fingerprint density at radius 2 is 2.17 bits per heavy atom. The number of benzene rings is 1. The highest BCUT2D eigenvalue weighted by molar-refractivity contribution is 7.98. The summed E-state index contributed by atoms with van der Waals surface area (Å²) in [5.74, 6) is 0. The molecule has 0 unspecified atom stereocenters. The fraction of sp³-hybridized carbons (Fsp3) is 0.400. The van der Waals surface area contributed by atoms with E-state index < -0.39 is 0 Å². The lowest BCUT2D eigenvalue weighted by Crippen LogP contribution is -2.06. The van der Waals surface area contributed by atoms with Gasteiger partial charge in [-0.1, -0.05) is 17.7 Å². The second-order valence-corrected chi connectivity index (χ2v) is 3.69. The van der Waals surface area contributed by atoms with Gasteiger partial charge in [0.25, 0.3) is 0 Å². The Labute approximate surface area is 78.6 Å². The molecule has 1 nitrogen and oxygen atoms in total. The number of hydrogen-bond acceptors (Lipinski definition) is 2. The van der Waals surface area contributed by atoms with Crippen LogP contribution < -0.4 is 5.32 Å². The molecule has 1 aromatic carbocycles. The van der Waals surface area contributed by atoms with Crippen LogP contribution >= 0.6 is 11.8 Å². The van der Waals surface area contributed by atoms with Gasteiger partial charge in [0.2, 0.25) is 0 Å². The van der Waals surface area contributed by atoms with Crippen LogP contribution in [-0.4, -0.2) is 13.3 Å². The van der Waals surface area contributed by atoms with Crippen LogP contribution in [0.3, 0.4) is 0 Å². The first kappa shape index (κ1) is 9.62. The molecule has 1 aromatic rings. The summed E-state index contributed by atoms with van der Waals surface area (Å²) in [7, 11) is 1.98. The zero-order valence-corrected chi connectivity index (χ0v) is 8.66. The second-order valence-electron chi connectivity index (χ2n) is 2.85. The maximum Gasteiger partial charge on any atom is 0.0213 e. The van der Waals surface area contributed by atoms with Crippen LogP contribution in [0.4, 0.5) is 0 Å². The minimum atomic E-state index is 0.956. The molecule has 2 heteroatoms. The SMILES string of the molecule is CNCc1cc(C)ccc1SC. The lowest BCUT2D eigenvalue weighted by Gasteiger charge is -2.07. The molecule has 1 rings (SSSR count). The van der Waals surface area contributed by atoms with Gasteiger partial charge in [-0.25, -0.2) is 0 Å². The van der Waals surface area contributed by atoms with Crippen molar-refractivity contribution >= 4 is 11.8 Å². The van der Waals surface area contributed by atoms with Crippen molar-refractivity contribution in [2.45, 2.75) is 18.4 Å². The number of aryl methyl sites for hydroxylation is 1. The maximum absolute atomic E-state index is 3.17. The highest BCUT2D eigenvalue weighted by atomic mass is 32.2. The summed E-state index contributed by atoms with van der Waals surface area (Å²) in [6.07, 6.45) is 2.11. The average Bonchev–Trinajstić information content (AvgIpc) is 2.05. The fourth-order valence-corrected chi connectivity index (χ4v) is 1.83. The Kier molecular flexibility index (Phi) is 3.63. The largest absolute Gasteiger partial charge is 0.316 e. The lowest BCUT2D eigenvalue weighted by molar-refractivity contribution is 0.802. The van der Waals surface area contributed by atoms with Crippen molar-refractivity contribution in [1.82, 2.24) is 5.32 Å². The van der Waals surface area contributed by atoms with Crippen LogP contribution in [0.15, 0.2) is 23.1 Å². The molecule has 0 fully saturated rings. The third-order valence-corrected chi connectivity index (χ3v) is 2.64. The Bertz CT molecular complexity index is 258. The Morgan fingerprint density at radius 1 is 1.42 bits per heavy atom. The monoisotopic (exact) mass is 181 g/mol. The first-order chi connectivity index (χ1) is 5.77. The highest BCUT2D eigenvalue weighted by Gasteiger charge is 1.99. The van der Waals surface area contributed by atoms with Crippen molar-refractivity contribution in [3.05, 3.63) is 29.3 Å². The normalized spacial score (nSPS) is 10.2. The molecule has 0 radical (unpaired) electrons. The summed E-state index contributed by atoms with van der Waals surface area (Å²) in [5.41, 5.74) is 2.73. The molecule has 0 heterocycles. The zero-order chi connectivity index (χ0) is 8.97. The quantitative estimate of drug-likeness (QED) is 0.719. The molecule has 12 heavy (non-hydrogen) atoms. The molecule has 0 spiro atoms. The van der Waals surface area contributed by atoms with E-state index in [9.17, 15) is 0 Å². The van der Waals surface area contributed by atoms with Crippen LogP contribution in [-0.2, 0) is 6.54 Å². The highest BCUT2D eigenvalue weighted by Crippen LogP contribution is 2.21. The predicted octanol–water partition coefficient (Wildman–Crippen LogP) is 2.44. The number of hydrogen-bond donors (Lipinski definition) is 1. The van der Waals surface area contributed by atoms with Crippen LogP contribution in [0, 0.1) is 6.92 Å². The summed E-state index contributed by atoms with van der Waals surface area (Å²) < 4.78 is 0. The first-order valence-electron chi connectivity index (χ1n) is 4.06. The van der Waals surface area contributed by atoms with Gasteiger partial charge in [0.05, 0.1) is 0 Å². The molecule has 0 aliphatic carbocycles. The van der Waals surface area contributed by atoms with Crippen LogP contribution in [0.25, 0.3) is 0 Å². The smallest absolute Gasteiger partial charge is 0.0213 e. The van der Waals surface area contributed by atoms with Gasteiger partial charge in [-0.05, 0) is 31.9 Å². The van der Waals surface area contributed by atoms with Gasteiger partial charge in [-0.3, -0.25) is 0 Å². The van der Waals surface area contributed by atoms with E-state index >= 15 is 0 Å². The molecule has 0 aromatic heterocycles. The molecule has 1 N–H and O–H groups in total. The fourth-order valence-electron chi connectivity index (χ4n) is 1.24. The van der Waals surface area contributed by atoms with Gasteiger partial charge < -0.3 is 5.32 Å². The number of rotatable bonds is 3. The van der Waals surface area contributed by atoms with Crippen molar-refractivity contribution in [3.63, 3.8) is 0 Å². The molecular weight excluding hydrogens is 166 g/mol. The minimum Gasteiger partial charge on any atom is -0.316 e. The van der Waals surface area contributed by atoms with E-state index in [1.165, 1.54) is 16.0 Å². The third-order valence-electron chi connectivity index (χ3n) is 1.80. The topological polar surface area (TPSA) is 12.0 Å². The Morgan fingerprint density at radius 3 is 2.75 bits per heavy atom. The lowest BCUT2D eigenvalue weighted by atomic mass is 10.1. The standard InChI is InChI=1S/C10H15NS/c1-8-4-5-10(12-3)9(6-8)7-11-2/h4-6,11H,7H2,1-3H3. The van der Waals surface area contributed by atoms with Crippen molar-refractivity contribution < 1.29 is 0 Å². The van der Waals surface area contributed by atoms with Crippen molar-refractivity contribution in [2.75, 3.05) is 13.3 Å². The molecule has 0 bridgehead atoms. The molecule has 66 valence electrons. The van der Waals surface area contributed by atoms with E-state index in [1.54, 1.807) is 11.8 Å². The Balaban J connectivity index is 2.95. The minimum absolute atomic E-state index is 0.956. The first-order valence-corrected chi connectivity index (χ1v) is 5.28. The summed E-state index contributed by atoms with van der Waals surface area (Å²) >= 11 is 1.80. The molecule has 0 saturated carbocycles. The van der Waals surface area contributed by atoms with Gasteiger partial charge in [0.1, 0.15) is 0 Å². The van der Waals surface area contributed by atoms with E-state index in [1.807, 2.05) is 7.05 Å². The molecule has 0 amide bonds. The molecule has 0 aliphatic rings. The number of thioether (sulfide) groups is 1.